The van der Waals surface area contributed by atoms with Gasteiger partial charge in [-0.1, -0.05) is 17.3 Å². The molecule has 2 N–H and O–H groups in total. The maximum absolute atomic E-state index is 11.8. The van der Waals surface area contributed by atoms with Crippen molar-refractivity contribution in [2.75, 3.05) is 10.6 Å². The zero-order valence-electron chi connectivity index (χ0n) is 11.2. The predicted molar refractivity (Wildman–Crippen MR) is 74.3 cm³/mol. The van der Waals surface area contributed by atoms with Crippen molar-refractivity contribution in [1.82, 2.24) is 5.16 Å². The van der Waals surface area contributed by atoms with Gasteiger partial charge in [-0.2, -0.15) is 5.26 Å². The van der Waals surface area contributed by atoms with Gasteiger partial charge in [-0.25, -0.2) is 0 Å². The molecule has 2 aromatic rings. The molecule has 0 aliphatic carbocycles. The fourth-order valence-corrected chi connectivity index (χ4v) is 1.64. The summed E-state index contributed by atoms with van der Waals surface area (Å²) in [6.45, 7) is 1.69. The molecule has 1 aromatic carbocycles. The maximum Gasteiger partial charge on any atom is 0.235 e. The van der Waals surface area contributed by atoms with E-state index in [1.165, 1.54) is 0 Å². The minimum atomic E-state index is -0.518. The molecule has 0 aliphatic heterocycles. The Morgan fingerprint density at radius 1 is 1.29 bits per heavy atom. The van der Waals surface area contributed by atoms with E-state index >= 15 is 0 Å². The topological polar surface area (TPSA) is 108 Å². The summed E-state index contributed by atoms with van der Waals surface area (Å²) >= 11 is 0. The SMILES string of the molecule is Cc1cc(NC(=O)CC(=O)Nc2ccccc2C#N)no1. The third kappa shape index (κ3) is 3.91. The standard InChI is InChI=1S/C14H12N4O3/c1-9-6-12(18-21-9)17-14(20)7-13(19)16-11-5-3-2-4-10(11)8-15/h2-6H,7H2,1H3,(H,16,19)(H,17,18,20). The summed E-state index contributed by atoms with van der Waals surface area (Å²) in [4.78, 5) is 23.4. The molecule has 0 saturated heterocycles. The van der Waals surface area contributed by atoms with Crippen LogP contribution in [0.4, 0.5) is 11.5 Å². The normalized spacial score (nSPS) is 9.71. The van der Waals surface area contributed by atoms with Crippen molar-refractivity contribution in [3.63, 3.8) is 0 Å². The van der Waals surface area contributed by atoms with Gasteiger partial charge in [0.25, 0.3) is 0 Å². The molecule has 0 radical (unpaired) electrons. The van der Waals surface area contributed by atoms with E-state index in [-0.39, 0.29) is 12.2 Å². The number of benzene rings is 1. The van der Waals surface area contributed by atoms with Crippen LogP contribution in [-0.2, 0) is 9.59 Å². The predicted octanol–water partition coefficient (Wildman–Crippen LogP) is 1.82. The Morgan fingerprint density at radius 2 is 2.00 bits per heavy atom. The summed E-state index contributed by atoms with van der Waals surface area (Å²) in [5.41, 5.74) is 0.702. The van der Waals surface area contributed by atoms with Crippen LogP contribution in [-0.4, -0.2) is 17.0 Å². The van der Waals surface area contributed by atoms with Crippen LogP contribution >= 0.6 is 0 Å². The lowest BCUT2D eigenvalue weighted by Gasteiger charge is -2.06. The minimum absolute atomic E-state index is 0.253. The molecule has 2 amide bonds. The van der Waals surface area contributed by atoms with Gasteiger partial charge in [0.15, 0.2) is 5.82 Å². The molecule has 1 heterocycles. The summed E-state index contributed by atoms with van der Waals surface area (Å²) in [7, 11) is 0. The van der Waals surface area contributed by atoms with Crippen molar-refractivity contribution in [2.45, 2.75) is 13.3 Å². The average molecular weight is 284 g/mol. The second-order valence-corrected chi connectivity index (χ2v) is 4.25. The summed E-state index contributed by atoms with van der Waals surface area (Å²) in [6.07, 6.45) is -0.383. The van der Waals surface area contributed by atoms with E-state index in [4.69, 9.17) is 9.78 Å². The van der Waals surface area contributed by atoms with E-state index in [2.05, 4.69) is 15.8 Å². The second-order valence-electron chi connectivity index (χ2n) is 4.25. The number of nitrogens with one attached hydrogen (secondary N) is 2. The molecule has 0 bridgehead atoms. The van der Waals surface area contributed by atoms with E-state index in [0.29, 0.717) is 17.0 Å². The molecule has 0 unspecified atom stereocenters. The van der Waals surface area contributed by atoms with Crippen molar-refractivity contribution >= 4 is 23.3 Å². The van der Waals surface area contributed by atoms with Crippen LogP contribution in [0.15, 0.2) is 34.9 Å². The van der Waals surface area contributed by atoms with Crippen molar-refractivity contribution in [2.24, 2.45) is 0 Å². The highest BCUT2D eigenvalue weighted by Gasteiger charge is 2.13. The number of nitriles is 1. The molecule has 1 aromatic heterocycles. The van der Waals surface area contributed by atoms with Gasteiger partial charge in [0.2, 0.25) is 11.8 Å². The van der Waals surface area contributed by atoms with E-state index < -0.39 is 11.8 Å². The van der Waals surface area contributed by atoms with Crippen molar-refractivity contribution < 1.29 is 14.1 Å². The molecule has 0 saturated carbocycles. The van der Waals surface area contributed by atoms with E-state index in [1.807, 2.05) is 6.07 Å². The number of aryl methyl sites for hydroxylation is 1. The highest BCUT2D eigenvalue weighted by atomic mass is 16.5. The van der Waals surface area contributed by atoms with Gasteiger partial charge in [0.05, 0.1) is 11.3 Å². The fraction of sp³-hybridized carbons (Fsp3) is 0.143. The molecule has 0 fully saturated rings. The molecule has 2 rings (SSSR count). The van der Waals surface area contributed by atoms with Crippen LogP contribution < -0.4 is 10.6 Å². The number of carbonyl (C=O) groups excluding carboxylic acids is 2. The number of nitrogens with zero attached hydrogens (tertiary/aromatic N) is 2. The Kier molecular flexibility index (Phi) is 4.31. The van der Waals surface area contributed by atoms with E-state index in [1.54, 1.807) is 37.3 Å². The fourth-order valence-electron chi connectivity index (χ4n) is 1.64. The van der Waals surface area contributed by atoms with Gasteiger partial charge < -0.3 is 15.2 Å². The molecule has 0 aliphatic rings. The minimum Gasteiger partial charge on any atom is -0.360 e. The first-order valence-electron chi connectivity index (χ1n) is 6.10. The first kappa shape index (κ1) is 14.3. The summed E-state index contributed by atoms with van der Waals surface area (Å²) in [6, 6.07) is 10.0. The first-order valence-corrected chi connectivity index (χ1v) is 6.10. The highest BCUT2D eigenvalue weighted by molar-refractivity contribution is 6.08. The van der Waals surface area contributed by atoms with E-state index in [0.717, 1.165) is 0 Å². The largest absolute Gasteiger partial charge is 0.360 e. The number of amides is 2. The van der Waals surface area contributed by atoms with Gasteiger partial charge in [0, 0.05) is 6.07 Å². The van der Waals surface area contributed by atoms with E-state index in [9.17, 15) is 9.59 Å². The number of para-hydroxylation sites is 1. The summed E-state index contributed by atoms with van der Waals surface area (Å²) in [5, 5.41) is 17.5. The van der Waals surface area contributed by atoms with Crippen LogP contribution in [0, 0.1) is 18.3 Å². The second kappa shape index (κ2) is 6.34. The van der Waals surface area contributed by atoms with Gasteiger partial charge in [-0.15, -0.1) is 0 Å². The van der Waals surface area contributed by atoms with Crippen LogP contribution in [0.3, 0.4) is 0 Å². The maximum atomic E-state index is 11.8. The van der Waals surface area contributed by atoms with Crippen LogP contribution in [0.5, 0.6) is 0 Å². The lowest BCUT2D eigenvalue weighted by molar-refractivity contribution is -0.123. The number of carbonyl (C=O) groups is 2. The van der Waals surface area contributed by atoms with Crippen LogP contribution in [0.1, 0.15) is 17.7 Å². The number of anilines is 2. The summed E-state index contributed by atoms with van der Waals surface area (Å²) in [5.74, 6) is -0.230. The van der Waals surface area contributed by atoms with Gasteiger partial charge in [-0.05, 0) is 19.1 Å². The molecule has 0 atom stereocenters. The third-order valence-corrected chi connectivity index (χ3v) is 2.54. The zero-order valence-corrected chi connectivity index (χ0v) is 11.2. The lowest BCUT2D eigenvalue weighted by atomic mass is 10.2. The molecular weight excluding hydrogens is 272 g/mol. The number of hydrogen-bond acceptors (Lipinski definition) is 5. The molecule has 7 heteroatoms. The Balaban J connectivity index is 1.92. The number of rotatable bonds is 4. The highest BCUT2D eigenvalue weighted by Crippen LogP contribution is 2.14. The molecule has 0 spiro atoms. The van der Waals surface area contributed by atoms with Gasteiger partial charge >= 0.3 is 0 Å². The van der Waals surface area contributed by atoms with Crippen LogP contribution in [0.2, 0.25) is 0 Å². The van der Waals surface area contributed by atoms with Crippen molar-refractivity contribution in [3.8, 4) is 6.07 Å². The third-order valence-electron chi connectivity index (χ3n) is 2.54. The number of aromatic nitrogens is 1. The smallest absolute Gasteiger partial charge is 0.235 e. The molecule has 106 valence electrons. The van der Waals surface area contributed by atoms with Crippen molar-refractivity contribution in [3.05, 3.63) is 41.7 Å². The molecule has 21 heavy (non-hydrogen) atoms. The Hall–Kier alpha value is -3.14. The van der Waals surface area contributed by atoms with Gasteiger partial charge in [-0.3, -0.25) is 9.59 Å². The average Bonchev–Trinajstić information content (AvgIpc) is 2.84. The zero-order chi connectivity index (χ0) is 15.2. The molecule has 7 nitrogen and oxygen atoms in total. The first-order chi connectivity index (χ1) is 10.1. The number of hydrogen-bond donors (Lipinski definition) is 2. The van der Waals surface area contributed by atoms with Gasteiger partial charge in [0.1, 0.15) is 18.3 Å². The molecular formula is C14H12N4O3. The van der Waals surface area contributed by atoms with Crippen LogP contribution in [0.25, 0.3) is 0 Å². The monoisotopic (exact) mass is 284 g/mol. The quantitative estimate of drug-likeness (QED) is 0.832. The summed E-state index contributed by atoms with van der Waals surface area (Å²) < 4.78 is 4.79. The Morgan fingerprint density at radius 3 is 2.67 bits per heavy atom. The Bertz CT molecular complexity index is 715. The van der Waals surface area contributed by atoms with Crippen molar-refractivity contribution in [1.29, 1.82) is 5.26 Å². The Labute approximate surface area is 120 Å². The lowest BCUT2D eigenvalue weighted by Crippen LogP contribution is -2.21.